The van der Waals surface area contributed by atoms with Crippen molar-refractivity contribution in [1.82, 2.24) is 15.1 Å². The summed E-state index contributed by atoms with van der Waals surface area (Å²) in [7, 11) is 0. The third-order valence-electron chi connectivity index (χ3n) is 4.39. The largest absolute Gasteiger partial charge is 0.355 e. The van der Waals surface area contributed by atoms with Crippen molar-refractivity contribution < 1.29 is 9.59 Å². The molecule has 1 N–H and O–H groups in total. The molecular formula is C19H29N3O2S. The van der Waals surface area contributed by atoms with Gasteiger partial charge in [-0.1, -0.05) is 25.5 Å². The molecule has 1 saturated heterocycles. The predicted molar refractivity (Wildman–Crippen MR) is 104 cm³/mol. The predicted octanol–water partition coefficient (Wildman–Crippen LogP) is 2.22. The molecule has 0 atom stereocenters. The number of hydrogen-bond acceptors (Lipinski definition) is 4. The van der Waals surface area contributed by atoms with Gasteiger partial charge in [-0.25, -0.2) is 0 Å². The average Bonchev–Trinajstić information content (AvgIpc) is 2.63. The molecule has 0 aromatic heterocycles. The van der Waals surface area contributed by atoms with Crippen LogP contribution < -0.4 is 5.32 Å². The molecule has 0 bridgehead atoms. The molecule has 0 aliphatic carbocycles. The lowest BCUT2D eigenvalue weighted by molar-refractivity contribution is -0.122. The van der Waals surface area contributed by atoms with Crippen LogP contribution in [0.15, 0.2) is 24.3 Å². The monoisotopic (exact) mass is 363 g/mol. The zero-order valence-electron chi connectivity index (χ0n) is 15.3. The summed E-state index contributed by atoms with van der Waals surface area (Å²) in [5, 5.41) is 2.94. The number of carbonyl (C=O) groups is 2. The van der Waals surface area contributed by atoms with E-state index in [2.05, 4.69) is 23.4 Å². The molecule has 0 saturated carbocycles. The van der Waals surface area contributed by atoms with Gasteiger partial charge in [-0.3, -0.25) is 14.5 Å². The fourth-order valence-electron chi connectivity index (χ4n) is 2.87. The van der Waals surface area contributed by atoms with Gasteiger partial charge in [0, 0.05) is 44.0 Å². The highest BCUT2D eigenvalue weighted by Gasteiger charge is 2.23. The topological polar surface area (TPSA) is 52.7 Å². The summed E-state index contributed by atoms with van der Waals surface area (Å²) in [6.07, 6.45) is 4.17. The number of nitrogens with zero attached hydrogens (tertiary/aromatic N) is 2. The van der Waals surface area contributed by atoms with Crippen molar-refractivity contribution in [3.8, 4) is 0 Å². The lowest BCUT2D eigenvalue weighted by Gasteiger charge is -2.34. The number of carbonyl (C=O) groups excluding carboxylic acids is 2. The van der Waals surface area contributed by atoms with Crippen molar-refractivity contribution in [2.24, 2.45) is 0 Å². The second-order valence-electron chi connectivity index (χ2n) is 6.40. The SMILES string of the molecule is CCCCNC(=O)CN1CCN(C(=O)c2ccc(CSC)cc2)CC1. The molecule has 2 rings (SSSR count). The minimum atomic E-state index is 0.0811. The van der Waals surface area contributed by atoms with Crippen molar-refractivity contribution in [3.63, 3.8) is 0 Å². The van der Waals surface area contributed by atoms with Crippen molar-refractivity contribution >= 4 is 23.6 Å². The maximum atomic E-state index is 12.6. The van der Waals surface area contributed by atoms with Gasteiger partial charge < -0.3 is 10.2 Å². The summed E-state index contributed by atoms with van der Waals surface area (Å²) >= 11 is 1.77. The van der Waals surface area contributed by atoms with Crippen LogP contribution in [0.1, 0.15) is 35.7 Å². The minimum Gasteiger partial charge on any atom is -0.355 e. The fourth-order valence-corrected chi connectivity index (χ4v) is 3.39. The molecule has 2 amide bonds. The van der Waals surface area contributed by atoms with Gasteiger partial charge in [-0.15, -0.1) is 0 Å². The minimum absolute atomic E-state index is 0.0811. The van der Waals surface area contributed by atoms with Crippen molar-refractivity contribution in [3.05, 3.63) is 35.4 Å². The number of hydrogen-bond donors (Lipinski definition) is 1. The Morgan fingerprint density at radius 3 is 2.40 bits per heavy atom. The Bertz CT molecular complexity index is 554. The van der Waals surface area contributed by atoms with E-state index in [9.17, 15) is 9.59 Å². The quantitative estimate of drug-likeness (QED) is 0.720. The molecule has 6 heteroatoms. The highest BCUT2D eigenvalue weighted by atomic mass is 32.2. The van der Waals surface area contributed by atoms with Crippen LogP contribution in [0.5, 0.6) is 0 Å². The standard InChI is InChI=1S/C19H29N3O2S/c1-3-4-9-20-18(23)14-21-10-12-22(13-11-21)19(24)17-7-5-16(6-8-17)15-25-2/h5-8H,3-4,9-15H2,1-2H3,(H,20,23). The molecule has 0 unspecified atom stereocenters. The second kappa shape index (κ2) is 10.5. The van der Waals surface area contributed by atoms with Crippen LogP contribution in [0.4, 0.5) is 0 Å². The zero-order valence-corrected chi connectivity index (χ0v) is 16.1. The molecule has 25 heavy (non-hydrogen) atoms. The van der Waals surface area contributed by atoms with E-state index in [-0.39, 0.29) is 11.8 Å². The zero-order chi connectivity index (χ0) is 18.1. The van der Waals surface area contributed by atoms with E-state index in [1.165, 1.54) is 5.56 Å². The lowest BCUT2D eigenvalue weighted by atomic mass is 10.1. The molecular weight excluding hydrogens is 334 g/mol. The molecule has 1 aliphatic rings. The number of piperazine rings is 1. The Morgan fingerprint density at radius 1 is 1.12 bits per heavy atom. The molecule has 1 fully saturated rings. The Kier molecular flexibility index (Phi) is 8.28. The third-order valence-corrected chi connectivity index (χ3v) is 5.01. The van der Waals surface area contributed by atoms with Crippen LogP contribution >= 0.6 is 11.8 Å². The molecule has 1 aromatic carbocycles. The summed E-state index contributed by atoms with van der Waals surface area (Å²) in [6.45, 7) is 6.13. The number of nitrogens with one attached hydrogen (secondary N) is 1. The van der Waals surface area contributed by atoms with Crippen LogP contribution in [-0.4, -0.2) is 67.1 Å². The highest BCUT2D eigenvalue weighted by Crippen LogP contribution is 2.13. The first kappa shape index (κ1) is 19.8. The summed E-state index contributed by atoms with van der Waals surface area (Å²) in [5.41, 5.74) is 1.98. The first-order chi connectivity index (χ1) is 12.1. The van der Waals surface area contributed by atoms with Gasteiger partial charge in [0.2, 0.25) is 5.91 Å². The van der Waals surface area contributed by atoms with E-state index in [0.29, 0.717) is 19.6 Å². The van der Waals surface area contributed by atoms with Gasteiger partial charge in [-0.05, 0) is 30.4 Å². The molecule has 0 spiro atoms. The van der Waals surface area contributed by atoms with Crippen LogP contribution in [0, 0.1) is 0 Å². The van der Waals surface area contributed by atoms with E-state index >= 15 is 0 Å². The first-order valence-corrected chi connectivity index (χ1v) is 10.4. The van der Waals surface area contributed by atoms with E-state index in [1.54, 1.807) is 11.8 Å². The molecule has 5 nitrogen and oxygen atoms in total. The molecule has 1 heterocycles. The fraction of sp³-hybridized carbons (Fsp3) is 0.579. The first-order valence-electron chi connectivity index (χ1n) is 9.00. The summed E-state index contributed by atoms with van der Waals surface area (Å²) in [6, 6.07) is 7.89. The van der Waals surface area contributed by atoms with Gasteiger partial charge in [0.05, 0.1) is 6.54 Å². The normalized spacial score (nSPS) is 15.2. The van der Waals surface area contributed by atoms with Crippen LogP contribution in [-0.2, 0) is 10.5 Å². The maximum absolute atomic E-state index is 12.6. The molecule has 138 valence electrons. The van der Waals surface area contributed by atoms with E-state index in [1.807, 2.05) is 29.2 Å². The number of benzene rings is 1. The van der Waals surface area contributed by atoms with E-state index < -0.39 is 0 Å². The van der Waals surface area contributed by atoms with Gasteiger partial charge in [0.1, 0.15) is 0 Å². The van der Waals surface area contributed by atoms with Crippen LogP contribution in [0.25, 0.3) is 0 Å². The van der Waals surface area contributed by atoms with Crippen molar-refractivity contribution in [2.75, 3.05) is 45.5 Å². The average molecular weight is 364 g/mol. The number of thioether (sulfide) groups is 1. The molecule has 0 radical (unpaired) electrons. The van der Waals surface area contributed by atoms with Gasteiger partial charge in [-0.2, -0.15) is 11.8 Å². The molecule has 1 aromatic rings. The Morgan fingerprint density at radius 2 is 1.80 bits per heavy atom. The van der Waals surface area contributed by atoms with Gasteiger partial charge in [0.25, 0.3) is 5.91 Å². The van der Waals surface area contributed by atoms with Crippen LogP contribution in [0.3, 0.4) is 0 Å². The Labute approximate surface area is 155 Å². The van der Waals surface area contributed by atoms with E-state index in [4.69, 9.17) is 0 Å². The van der Waals surface area contributed by atoms with Gasteiger partial charge >= 0.3 is 0 Å². The Hall–Kier alpha value is -1.53. The molecule has 1 aliphatic heterocycles. The number of amides is 2. The summed E-state index contributed by atoms with van der Waals surface area (Å²) in [5.74, 6) is 1.13. The number of unbranched alkanes of at least 4 members (excludes halogenated alkanes) is 1. The second-order valence-corrected chi connectivity index (χ2v) is 7.27. The summed E-state index contributed by atoms with van der Waals surface area (Å²) < 4.78 is 0. The van der Waals surface area contributed by atoms with Crippen molar-refractivity contribution in [2.45, 2.75) is 25.5 Å². The lowest BCUT2D eigenvalue weighted by Crippen LogP contribution is -2.51. The van der Waals surface area contributed by atoms with Gasteiger partial charge in [0.15, 0.2) is 0 Å². The smallest absolute Gasteiger partial charge is 0.253 e. The third kappa shape index (κ3) is 6.36. The highest BCUT2D eigenvalue weighted by molar-refractivity contribution is 7.97. The Balaban J connectivity index is 1.77. The maximum Gasteiger partial charge on any atom is 0.253 e. The van der Waals surface area contributed by atoms with Crippen LogP contribution in [0.2, 0.25) is 0 Å². The van der Waals surface area contributed by atoms with Crippen molar-refractivity contribution in [1.29, 1.82) is 0 Å². The van der Waals surface area contributed by atoms with E-state index in [0.717, 1.165) is 43.8 Å². The summed E-state index contributed by atoms with van der Waals surface area (Å²) in [4.78, 5) is 28.5. The number of rotatable bonds is 8.